The van der Waals surface area contributed by atoms with E-state index < -0.39 is 0 Å². The van der Waals surface area contributed by atoms with E-state index in [0.29, 0.717) is 6.54 Å². The third kappa shape index (κ3) is 6.39. The number of likely N-dealkylation sites (N-methyl/N-ethyl adjacent to an activating group) is 3. The Morgan fingerprint density at radius 1 is 1.00 bits per heavy atom. The van der Waals surface area contributed by atoms with Gasteiger partial charge >= 0.3 is 0 Å². The number of hydrogen-bond donors (Lipinski definition) is 2. The monoisotopic (exact) mass is 626 g/mol. The number of aliphatic imine (C=N–C) groups is 1. The standard InChI is InChI=1S/C35H42N6O3S/c1-5-41-19-18-39(3)34(43)31(41)23-14-16-25(17-15-23)36-32-35(44)40(4)21-28(37-32)26-11-9-12-27(22(26)2)38-33(42)30-20-24-10-7-6-8-13-29(24)45-30/h9,11-12,14-17,20,28,31H,5-8,10,13,18-19,21H2,1-4H3,(H,36,37)(H,38,42). The molecule has 3 aromatic rings. The van der Waals surface area contributed by atoms with E-state index in [9.17, 15) is 14.4 Å². The number of anilines is 2. The number of nitrogens with zero attached hydrogens (tertiary/aromatic N) is 4. The van der Waals surface area contributed by atoms with Gasteiger partial charge in [-0.25, -0.2) is 0 Å². The first kappa shape index (κ1) is 31.0. The summed E-state index contributed by atoms with van der Waals surface area (Å²) in [5, 5.41) is 6.38. The number of piperazine rings is 1. The van der Waals surface area contributed by atoms with Crippen molar-refractivity contribution in [2.24, 2.45) is 4.99 Å². The molecule has 2 aliphatic heterocycles. The summed E-state index contributed by atoms with van der Waals surface area (Å²) in [6.07, 6.45) is 5.73. The van der Waals surface area contributed by atoms with Gasteiger partial charge in [-0.1, -0.05) is 37.6 Å². The van der Waals surface area contributed by atoms with Gasteiger partial charge in [0.15, 0.2) is 5.84 Å². The maximum atomic E-state index is 13.3. The van der Waals surface area contributed by atoms with Crippen molar-refractivity contribution in [1.29, 1.82) is 0 Å². The lowest BCUT2D eigenvalue weighted by molar-refractivity contribution is -0.140. The van der Waals surface area contributed by atoms with E-state index in [4.69, 9.17) is 4.99 Å². The number of fused-ring (bicyclic) bond motifs is 1. The van der Waals surface area contributed by atoms with Crippen LogP contribution in [-0.4, -0.2) is 78.5 Å². The Kier molecular flexibility index (Phi) is 9.05. The van der Waals surface area contributed by atoms with Gasteiger partial charge in [0.2, 0.25) is 5.91 Å². The number of nitrogens with one attached hydrogen (secondary N) is 2. The molecule has 45 heavy (non-hydrogen) atoms. The Balaban J connectivity index is 1.19. The minimum Gasteiger partial charge on any atom is -0.343 e. The molecular weight excluding hydrogens is 584 g/mol. The molecule has 2 atom stereocenters. The molecule has 0 bridgehead atoms. The number of hydrogen-bond acceptors (Lipinski definition) is 7. The highest BCUT2D eigenvalue weighted by Gasteiger charge is 2.34. The molecule has 9 nitrogen and oxygen atoms in total. The van der Waals surface area contributed by atoms with Crippen LogP contribution in [0, 0.1) is 6.92 Å². The van der Waals surface area contributed by atoms with Gasteiger partial charge in [-0.2, -0.15) is 0 Å². The minimum atomic E-state index is -0.308. The van der Waals surface area contributed by atoms with E-state index in [2.05, 4.69) is 28.5 Å². The summed E-state index contributed by atoms with van der Waals surface area (Å²) >= 11 is 1.62. The van der Waals surface area contributed by atoms with Crippen molar-refractivity contribution in [3.63, 3.8) is 0 Å². The van der Waals surface area contributed by atoms with Gasteiger partial charge in [-0.3, -0.25) is 24.3 Å². The lowest BCUT2D eigenvalue weighted by Crippen LogP contribution is -2.50. The van der Waals surface area contributed by atoms with Crippen LogP contribution >= 0.6 is 11.3 Å². The number of benzene rings is 2. The van der Waals surface area contributed by atoms with Crippen molar-refractivity contribution in [2.75, 3.05) is 50.9 Å². The first-order chi connectivity index (χ1) is 21.7. The Morgan fingerprint density at radius 2 is 1.78 bits per heavy atom. The summed E-state index contributed by atoms with van der Waals surface area (Å²) < 4.78 is 0. The highest BCUT2D eigenvalue weighted by atomic mass is 32.1. The average molecular weight is 627 g/mol. The highest BCUT2D eigenvalue weighted by Crippen LogP contribution is 2.33. The summed E-state index contributed by atoms with van der Waals surface area (Å²) in [6, 6.07) is 15.0. The van der Waals surface area contributed by atoms with Crippen LogP contribution in [0.25, 0.3) is 0 Å². The van der Waals surface area contributed by atoms with Gasteiger partial charge in [0.05, 0.1) is 10.9 Å². The van der Waals surface area contributed by atoms with E-state index in [-0.39, 0.29) is 35.6 Å². The molecule has 236 valence electrons. The number of amides is 3. The zero-order chi connectivity index (χ0) is 31.7. The highest BCUT2D eigenvalue weighted by molar-refractivity contribution is 7.14. The second-order valence-corrected chi connectivity index (χ2v) is 13.4. The van der Waals surface area contributed by atoms with Crippen molar-refractivity contribution < 1.29 is 14.4 Å². The predicted octanol–water partition coefficient (Wildman–Crippen LogP) is 5.44. The quantitative estimate of drug-likeness (QED) is 0.356. The average Bonchev–Trinajstić information content (AvgIpc) is 3.32. The number of rotatable bonds is 6. The first-order valence-electron chi connectivity index (χ1n) is 15.9. The Bertz CT molecular complexity index is 1610. The summed E-state index contributed by atoms with van der Waals surface area (Å²) in [4.78, 5) is 52.0. The Labute approximate surface area is 269 Å². The fourth-order valence-electron chi connectivity index (χ4n) is 6.60. The second kappa shape index (κ2) is 13.1. The van der Waals surface area contributed by atoms with Crippen molar-refractivity contribution in [1.82, 2.24) is 14.7 Å². The molecule has 0 radical (unpaired) electrons. The first-order valence-corrected chi connectivity index (χ1v) is 16.8. The van der Waals surface area contributed by atoms with E-state index in [0.717, 1.165) is 65.4 Å². The van der Waals surface area contributed by atoms with E-state index in [1.54, 1.807) is 28.2 Å². The molecule has 3 amide bonds. The molecule has 2 N–H and O–H groups in total. The zero-order valence-electron chi connectivity index (χ0n) is 26.6. The van der Waals surface area contributed by atoms with Crippen molar-refractivity contribution in [3.05, 3.63) is 80.5 Å². The van der Waals surface area contributed by atoms with E-state index in [1.165, 1.54) is 29.7 Å². The summed E-state index contributed by atoms with van der Waals surface area (Å²) in [7, 11) is 3.63. The van der Waals surface area contributed by atoms with Gasteiger partial charge in [0, 0.05) is 50.0 Å². The molecule has 6 rings (SSSR count). The Hall–Kier alpha value is -4.02. The van der Waals surface area contributed by atoms with Crippen LogP contribution in [0.1, 0.15) is 75.1 Å². The summed E-state index contributed by atoms with van der Waals surface area (Å²) in [5.74, 6) is 0.0937. The molecule has 0 saturated carbocycles. The maximum absolute atomic E-state index is 13.3. The minimum absolute atomic E-state index is 0.0813. The van der Waals surface area contributed by atoms with Crippen LogP contribution in [0.15, 0.2) is 53.5 Å². The van der Waals surface area contributed by atoms with E-state index in [1.807, 2.05) is 56.4 Å². The number of thiophene rings is 1. The fraction of sp³-hybridized carbons (Fsp3) is 0.429. The van der Waals surface area contributed by atoms with Crippen LogP contribution in [0.4, 0.5) is 11.4 Å². The molecule has 2 unspecified atom stereocenters. The molecule has 1 saturated heterocycles. The molecular formula is C35H42N6O3S. The zero-order valence-corrected chi connectivity index (χ0v) is 27.4. The largest absolute Gasteiger partial charge is 0.343 e. The molecule has 1 aromatic heterocycles. The van der Waals surface area contributed by atoms with Crippen molar-refractivity contribution in [3.8, 4) is 0 Å². The third-order valence-corrected chi connectivity index (χ3v) is 10.6. The SMILES string of the molecule is CCN1CCN(C)C(=O)C1c1ccc(NC2=NC(c3cccc(NC(=O)c4cc5c(s4)CCCCC5)c3C)CN(C)C2=O)cc1. The second-order valence-electron chi connectivity index (χ2n) is 12.3. The van der Waals surface area contributed by atoms with Crippen LogP contribution in [0.3, 0.4) is 0 Å². The maximum Gasteiger partial charge on any atom is 0.289 e. The van der Waals surface area contributed by atoms with Gasteiger partial charge < -0.3 is 20.4 Å². The van der Waals surface area contributed by atoms with Crippen molar-refractivity contribution in [2.45, 2.75) is 58.0 Å². The molecule has 3 aliphatic rings. The van der Waals surface area contributed by atoms with Gasteiger partial charge in [-0.15, -0.1) is 11.3 Å². The predicted molar refractivity (Wildman–Crippen MR) is 180 cm³/mol. The smallest absolute Gasteiger partial charge is 0.289 e. The number of carbonyl (C=O) groups is 3. The summed E-state index contributed by atoms with van der Waals surface area (Å²) in [5.41, 5.74) is 5.63. The molecule has 2 aromatic carbocycles. The molecule has 3 heterocycles. The van der Waals surface area contributed by atoms with Gasteiger partial charge in [-0.05, 0) is 85.7 Å². The lowest BCUT2D eigenvalue weighted by atomic mass is 9.98. The summed E-state index contributed by atoms with van der Waals surface area (Å²) in [6.45, 7) is 6.86. The third-order valence-electron chi connectivity index (χ3n) is 9.33. The fourth-order valence-corrected chi connectivity index (χ4v) is 7.75. The van der Waals surface area contributed by atoms with Crippen LogP contribution in [0.2, 0.25) is 0 Å². The number of amidine groups is 1. The number of carbonyl (C=O) groups excluding carboxylic acids is 3. The Morgan fingerprint density at radius 3 is 2.56 bits per heavy atom. The molecule has 0 spiro atoms. The molecule has 1 aliphatic carbocycles. The topological polar surface area (TPSA) is 97.3 Å². The van der Waals surface area contributed by atoms with E-state index >= 15 is 0 Å². The van der Waals surface area contributed by atoms with Crippen LogP contribution < -0.4 is 10.6 Å². The van der Waals surface area contributed by atoms with Gasteiger partial charge in [0.25, 0.3) is 11.8 Å². The van der Waals surface area contributed by atoms with Crippen molar-refractivity contribution >= 4 is 46.3 Å². The van der Waals surface area contributed by atoms with Crippen LogP contribution in [-0.2, 0) is 22.4 Å². The lowest BCUT2D eigenvalue weighted by Gasteiger charge is -2.38. The number of aryl methyl sites for hydroxylation is 2. The molecule has 10 heteroatoms. The molecule has 1 fully saturated rings. The van der Waals surface area contributed by atoms with Crippen LogP contribution in [0.5, 0.6) is 0 Å². The van der Waals surface area contributed by atoms with Gasteiger partial charge in [0.1, 0.15) is 6.04 Å². The normalized spacial score (nSPS) is 20.8.